The van der Waals surface area contributed by atoms with Gasteiger partial charge in [-0.15, -0.1) is 0 Å². The Kier molecular flexibility index (Phi) is 2.37. The number of pyridine rings is 1. The van der Waals surface area contributed by atoms with Crippen LogP contribution in [0.4, 0.5) is 0 Å². The van der Waals surface area contributed by atoms with Crippen molar-refractivity contribution in [3.63, 3.8) is 0 Å². The molecule has 0 aliphatic heterocycles. The number of hydrogen-bond acceptors (Lipinski definition) is 2. The van der Waals surface area contributed by atoms with Crippen molar-refractivity contribution < 1.29 is 4.79 Å². The third-order valence-corrected chi connectivity index (χ3v) is 3.50. The van der Waals surface area contributed by atoms with Crippen molar-refractivity contribution in [2.24, 2.45) is 5.41 Å². The zero-order chi connectivity index (χ0) is 12.8. The van der Waals surface area contributed by atoms with E-state index in [-0.39, 0.29) is 11.2 Å². The summed E-state index contributed by atoms with van der Waals surface area (Å²) in [6.45, 7) is 4.29. The number of hydrogen-bond donors (Lipinski definition) is 0. The fraction of sp³-hybridized carbons (Fsp3) is 0.333. The lowest BCUT2D eigenvalue weighted by molar-refractivity contribution is 0.0911. The van der Waals surface area contributed by atoms with E-state index in [1.807, 2.05) is 30.6 Å². The molecular weight excluding hydrogens is 224 g/mol. The molecule has 3 rings (SSSR count). The molecule has 3 heteroatoms. The summed E-state index contributed by atoms with van der Waals surface area (Å²) < 4.78 is 2.08. The van der Waals surface area contributed by atoms with E-state index < -0.39 is 0 Å². The maximum atomic E-state index is 12.1. The molecule has 18 heavy (non-hydrogen) atoms. The number of nitrogens with zero attached hydrogens (tertiary/aromatic N) is 2. The third-order valence-electron chi connectivity index (χ3n) is 3.50. The van der Waals surface area contributed by atoms with Crippen molar-refractivity contribution in [2.75, 3.05) is 0 Å². The SMILES string of the molecule is CC1(C)CC(=O)c2ccn(-c3cccnc3)c2C1. The van der Waals surface area contributed by atoms with Crippen LogP contribution in [0.1, 0.15) is 36.3 Å². The summed E-state index contributed by atoms with van der Waals surface area (Å²) in [7, 11) is 0. The van der Waals surface area contributed by atoms with E-state index in [1.165, 1.54) is 0 Å². The Morgan fingerprint density at radius 1 is 1.28 bits per heavy atom. The molecule has 2 heterocycles. The van der Waals surface area contributed by atoms with Crippen molar-refractivity contribution in [3.05, 3.63) is 48.0 Å². The molecule has 3 nitrogen and oxygen atoms in total. The van der Waals surface area contributed by atoms with Crippen LogP contribution in [0.5, 0.6) is 0 Å². The second-order valence-electron chi connectivity index (χ2n) is 5.70. The summed E-state index contributed by atoms with van der Waals surface area (Å²) >= 11 is 0. The Bertz CT molecular complexity index is 596. The molecule has 1 aliphatic carbocycles. The maximum absolute atomic E-state index is 12.1. The van der Waals surface area contributed by atoms with Crippen LogP contribution in [0.15, 0.2) is 36.8 Å². The first-order valence-electron chi connectivity index (χ1n) is 6.21. The monoisotopic (exact) mass is 240 g/mol. The van der Waals surface area contributed by atoms with Gasteiger partial charge in [0.25, 0.3) is 0 Å². The minimum absolute atomic E-state index is 0.0440. The first-order valence-corrected chi connectivity index (χ1v) is 6.21. The van der Waals surface area contributed by atoms with Gasteiger partial charge >= 0.3 is 0 Å². The average Bonchev–Trinajstić information content (AvgIpc) is 2.72. The summed E-state index contributed by atoms with van der Waals surface area (Å²) in [5.74, 6) is 0.254. The fourth-order valence-electron chi connectivity index (χ4n) is 2.68. The van der Waals surface area contributed by atoms with Crippen LogP contribution in [0.3, 0.4) is 0 Å². The van der Waals surface area contributed by atoms with Gasteiger partial charge in [-0.1, -0.05) is 13.8 Å². The minimum atomic E-state index is 0.0440. The predicted molar refractivity (Wildman–Crippen MR) is 70.0 cm³/mol. The zero-order valence-electron chi connectivity index (χ0n) is 10.7. The lowest BCUT2D eigenvalue weighted by Gasteiger charge is -2.29. The molecule has 2 aromatic rings. The topological polar surface area (TPSA) is 34.9 Å². The van der Waals surface area contributed by atoms with Gasteiger partial charge in [0.05, 0.1) is 11.9 Å². The Morgan fingerprint density at radius 3 is 2.83 bits per heavy atom. The van der Waals surface area contributed by atoms with Crippen molar-refractivity contribution in [1.29, 1.82) is 0 Å². The van der Waals surface area contributed by atoms with Crippen molar-refractivity contribution in [3.8, 4) is 5.69 Å². The van der Waals surface area contributed by atoms with E-state index in [4.69, 9.17) is 0 Å². The highest BCUT2D eigenvalue weighted by molar-refractivity contribution is 5.99. The lowest BCUT2D eigenvalue weighted by Crippen LogP contribution is -2.27. The summed E-state index contributed by atoms with van der Waals surface area (Å²) in [6, 6.07) is 5.86. The van der Waals surface area contributed by atoms with E-state index in [9.17, 15) is 4.79 Å². The Hall–Kier alpha value is -1.90. The molecule has 0 unspecified atom stereocenters. The molecule has 92 valence electrons. The summed E-state index contributed by atoms with van der Waals surface area (Å²) in [5.41, 5.74) is 3.05. The molecule has 0 bridgehead atoms. The molecule has 2 aromatic heterocycles. The normalized spacial score (nSPS) is 17.6. The largest absolute Gasteiger partial charge is 0.319 e. The van der Waals surface area contributed by atoms with Crippen molar-refractivity contribution >= 4 is 5.78 Å². The van der Waals surface area contributed by atoms with Gasteiger partial charge in [-0.2, -0.15) is 0 Å². The number of ketones is 1. The summed E-state index contributed by atoms with van der Waals surface area (Å²) in [5, 5.41) is 0. The highest BCUT2D eigenvalue weighted by Gasteiger charge is 2.33. The van der Waals surface area contributed by atoms with Gasteiger partial charge in [-0.3, -0.25) is 9.78 Å². The first kappa shape index (κ1) is 11.2. The molecule has 0 radical (unpaired) electrons. The fourth-order valence-corrected chi connectivity index (χ4v) is 2.68. The summed E-state index contributed by atoms with van der Waals surface area (Å²) in [6.07, 6.45) is 7.12. The van der Waals surface area contributed by atoms with Crippen LogP contribution >= 0.6 is 0 Å². The number of carbonyl (C=O) groups excluding carboxylic acids is 1. The van der Waals surface area contributed by atoms with Gasteiger partial charge in [0, 0.05) is 30.1 Å². The van der Waals surface area contributed by atoms with Crippen LogP contribution in [-0.4, -0.2) is 15.3 Å². The highest BCUT2D eigenvalue weighted by atomic mass is 16.1. The molecular formula is C15H16N2O. The zero-order valence-corrected chi connectivity index (χ0v) is 10.7. The quantitative estimate of drug-likeness (QED) is 0.768. The van der Waals surface area contributed by atoms with Crippen molar-refractivity contribution in [1.82, 2.24) is 9.55 Å². The van der Waals surface area contributed by atoms with Gasteiger partial charge in [-0.05, 0) is 30.0 Å². The lowest BCUT2D eigenvalue weighted by atomic mass is 9.76. The van der Waals surface area contributed by atoms with E-state index in [0.29, 0.717) is 6.42 Å². The van der Waals surface area contributed by atoms with Gasteiger partial charge in [0.1, 0.15) is 0 Å². The smallest absolute Gasteiger partial charge is 0.165 e. The molecule has 0 aromatic carbocycles. The van der Waals surface area contributed by atoms with E-state index in [0.717, 1.165) is 23.4 Å². The van der Waals surface area contributed by atoms with E-state index in [1.54, 1.807) is 6.20 Å². The average molecular weight is 240 g/mol. The van der Waals surface area contributed by atoms with Crippen LogP contribution in [-0.2, 0) is 6.42 Å². The molecule has 0 spiro atoms. The minimum Gasteiger partial charge on any atom is -0.319 e. The number of Topliss-reactive ketones (excluding diaryl/α,β-unsaturated/α-hetero) is 1. The standard InChI is InChI=1S/C15H16N2O/c1-15(2)8-13-12(14(18)9-15)5-7-17(13)11-4-3-6-16-10-11/h3-7,10H,8-9H2,1-2H3. The molecule has 0 saturated carbocycles. The number of fused-ring (bicyclic) bond motifs is 1. The Morgan fingerprint density at radius 2 is 2.11 bits per heavy atom. The molecule has 0 N–H and O–H groups in total. The van der Waals surface area contributed by atoms with Crippen LogP contribution in [0.25, 0.3) is 5.69 Å². The molecule has 0 atom stereocenters. The number of aromatic nitrogens is 2. The van der Waals surface area contributed by atoms with E-state index in [2.05, 4.69) is 23.4 Å². The van der Waals surface area contributed by atoms with Crippen LogP contribution < -0.4 is 0 Å². The number of carbonyl (C=O) groups is 1. The van der Waals surface area contributed by atoms with Gasteiger partial charge in [-0.25, -0.2) is 0 Å². The molecule has 0 amide bonds. The Balaban J connectivity index is 2.13. The van der Waals surface area contributed by atoms with Gasteiger partial charge in [0.2, 0.25) is 0 Å². The van der Waals surface area contributed by atoms with Gasteiger partial charge in [0.15, 0.2) is 5.78 Å². The van der Waals surface area contributed by atoms with Crippen molar-refractivity contribution in [2.45, 2.75) is 26.7 Å². The highest BCUT2D eigenvalue weighted by Crippen LogP contribution is 2.36. The molecule has 0 fully saturated rings. The Labute approximate surface area is 106 Å². The molecule has 0 saturated heterocycles. The predicted octanol–water partition coefficient (Wildman–Crippen LogP) is 3.03. The second-order valence-corrected chi connectivity index (χ2v) is 5.70. The number of rotatable bonds is 1. The second kappa shape index (κ2) is 3.80. The maximum Gasteiger partial charge on any atom is 0.165 e. The van der Waals surface area contributed by atoms with Crippen LogP contribution in [0, 0.1) is 5.41 Å². The first-order chi connectivity index (χ1) is 8.57. The molecule has 1 aliphatic rings. The van der Waals surface area contributed by atoms with E-state index >= 15 is 0 Å². The third kappa shape index (κ3) is 1.76. The van der Waals surface area contributed by atoms with Gasteiger partial charge < -0.3 is 4.57 Å². The van der Waals surface area contributed by atoms with Crippen LogP contribution in [0.2, 0.25) is 0 Å². The summed E-state index contributed by atoms with van der Waals surface area (Å²) in [4.78, 5) is 16.3.